The van der Waals surface area contributed by atoms with Gasteiger partial charge in [-0.1, -0.05) is 13.8 Å². The number of rotatable bonds is 6. The largest absolute Gasteiger partial charge is 0.478 e. The van der Waals surface area contributed by atoms with Crippen LogP contribution in [-0.4, -0.2) is 49.3 Å². The summed E-state index contributed by atoms with van der Waals surface area (Å²) in [6, 6.07) is 5.17. The molecule has 0 spiro atoms. The third kappa shape index (κ3) is 4.79. The summed E-state index contributed by atoms with van der Waals surface area (Å²) in [7, 11) is -3.67. The average Bonchev–Trinajstić information content (AvgIpc) is 2.59. The summed E-state index contributed by atoms with van der Waals surface area (Å²) in [4.78, 5) is 23.0. The number of carbonyl (C=O) groups is 2. The van der Waals surface area contributed by atoms with Gasteiger partial charge in [0.2, 0.25) is 15.9 Å². The highest BCUT2D eigenvalue weighted by molar-refractivity contribution is 7.89. The predicted molar refractivity (Wildman–Crippen MR) is 92.7 cm³/mol. The van der Waals surface area contributed by atoms with Crippen molar-refractivity contribution in [2.75, 3.05) is 19.6 Å². The van der Waals surface area contributed by atoms with Crippen LogP contribution in [0, 0.1) is 11.8 Å². The van der Waals surface area contributed by atoms with E-state index in [1.54, 1.807) is 0 Å². The highest BCUT2D eigenvalue weighted by atomic mass is 32.2. The topological polar surface area (TPSA) is 104 Å². The van der Waals surface area contributed by atoms with Crippen LogP contribution in [0.4, 0.5) is 0 Å². The first-order valence-electron chi connectivity index (χ1n) is 8.33. The maximum absolute atomic E-state index is 12.6. The highest BCUT2D eigenvalue weighted by Crippen LogP contribution is 2.24. The first-order chi connectivity index (χ1) is 11.7. The lowest BCUT2D eigenvalue weighted by atomic mass is 9.97. The van der Waals surface area contributed by atoms with Crippen molar-refractivity contribution in [2.24, 2.45) is 11.8 Å². The lowest BCUT2D eigenvalue weighted by Gasteiger charge is -2.30. The summed E-state index contributed by atoms with van der Waals surface area (Å²) in [6.45, 7) is 5.22. The summed E-state index contributed by atoms with van der Waals surface area (Å²) in [5, 5.41) is 11.8. The molecule has 0 aliphatic carbocycles. The molecule has 2 N–H and O–H groups in total. The zero-order chi connectivity index (χ0) is 18.6. The fourth-order valence-electron chi connectivity index (χ4n) is 2.73. The molecule has 8 heteroatoms. The van der Waals surface area contributed by atoms with Gasteiger partial charge in [-0.25, -0.2) is 13.2 Å². The number of amides is 1. The molecule has 1 saturated heterocycles. The number of benzene rings is 1. The van der Waals surface area contributed by atoms with Gasteiger partial charge >= 0.3 is 5.97 Å². The van der Waals surface area contributed by atoms with E-state index in [0.29, 0.717) is 25.3 Å². The number of carbonyl (C=O) groups excluding carboxylic acids is 1. The van der Waals surface area contributed by atoms with Gasteiger partial charge in [-0.2, -0.15) is 4.31 Å². The Labute approximate surface area is 148 Å². The van der Waals surface area contributed by atoms with Gasteiger partial charge in [0.25, 0.3) is 0 Å². The first-order valence-corrected chi connectivity index (χ1v) is 9.77. The smallest absolute Gasteiger partial charge is 0.335 e. The van der Waals surface area contributed by atoms with Gasteiger partial charge < -0.3 is 10.4 Å². The minimum atomic E-state index is -3.67. The zero-order valence-electron chi connectivity index (χ0n) is 14.4. The fourth-order valence-corrected chi connectivity index (χ4v) is 4.20. The van der Waals surface area contributed by atoms with E-state index in [1.807, 2.05) is 13.8 Å². The van der Waals surface area contributed by atoms with Crippen LogP contribution < -0.4 is 5.32 Å². The number of hydrogen-bond donors (Lipinski definition) is 2. The van der Waals surface area contributed by atoms with Crippen LogP contribution in [-0.2, 0) is 14.8 Å². The first kappa shape index (κ1) is 19.4. The number of carboxylic acids is 1. The number of piperidine rings is 1. The second-order valence-electron chi connectivity index (χ2n) is 6.65. The van der Waals surface area contributed by atoms with Gasteiger partial charge in [0.1, 0.15) is 0 Å². The second-order valence-corrected chi connectivity index (χ2v) is 8.58. The molecule has 1 amide bonds. The molecule has 138 valence electrons. The van der Waals surface area contributed by atoms with Crippen molar-refractivity contribution in [3.05, 3.63) is 29.8 Å². The van der Waals surface area contributed by atoms with E-state index < -0.39 is 16.0 Å². The maximum Gasteiger partial charge on any atom is 0.335 e. The standard InChI is InChI=1S/C17H24N2O5S/c1-12(2)11-18-16(20)13-7-9-19(10-8-13)25(23,24)15-5-3-14(4-6-15)17(21)22/h3-6,12-13H,7-11H2,1-2H3,(H,18,20)(H,21,22). The molecule has 0 saturated carbocycles. The molecule has 0 radical (unpaired) electrons. The minimum absolute atomic E-state index is 0.0171. The van der Waals surface area contributed by atoms with Gasteiger partial charge in [0, 0.05) is 25.6 Å². The quantitative estimate of drug-likeness (QED) is 0.793. The summed E-state index contributed by atoms with van der Waals surface area (Å²) < 4.78 is 26.6. The van der Waals surface area contributed by atoms with Crippen LogP contribution in [0.25, 0.3) is 0 Å². The Kier molecular flexibility index (Phi) is 6.18. The van der Waals surface area contributed by atoms with Gasteiger partial charge in [-0.15, -0.1) is 0 Å². The number of hydrogen-bond acceptors (Lipinski definition) is 4. The van der Waals surface area contributed by atoms with Crippen LogP contribution in [0.1, 0.15) is 37.0 Å². The van der Waals surface area contributed by atoms with Crippen molar-refractivity contribution in [1.82, 2.24) is 9.62 Å². The van der Waals surface area contributed by atoms with E-state index in [2.05, 4.69) is 5.32 Å². The van der Waals surface area contributed by atoms with Crippen LogP contribution in [0.3, 0.4) is 0 Å². The lowest BCUT2D eigenvalue weighted by molar-refractivity contribution is -0.126. The number of nitrogens with zero attached hydrogens (tertiary/aromatic N) is 1. The van der Waals surface area contributed by atoms with Gasteiger partial charge in [-0.3, -0.25) is 4.79 Å². The fraction of sp³-hybridized carbons (Fsp3) is 0.529. The third-order valence-electron chi connectivity index (χ3n) is 4.25. The molecular formula is C17H24N2O5S. The van der Waals surface area contributed by atoms with Gasteiger partial charge in [0.15, 0.2) is 0 Å². The third-order valence-corrected chi connectivity index (χ3v) is 6.16. The lowest BCUT2D eigenvalue weighted by Crippen LogP contribution is -2.43. The van der Waals surface area contributed by atoms with Crippen molar-refractivity contribution in [2.45, 2.75) is 31.6 Å². The monoisotopic (exact) mass is 368 g/mol. The van der Waals surface area contributed by atoms with Crippen molar-refractivity contribution >= 4 is 21.9 Å². The van der Waals surface area contributed by atoms with E-state index >= 15 is 0 Å². The molecule has 25 heavy (non-hydrogen) atoms. The van der Waals surface area contributed by atoms with E-state index in [9.17, 15) is 18.0 Å². The average molecular weight is 368 g/mol. The molecule has 1 aliphatic heterocycles. The van der Waals surface area contributed by atoms with Crippen molar-refractivity contribution in [3.8, 4) is 0 Å². The Hall–Kier alpha value is -1.93. The SMILES string of the molecule is CC(C)CNC(=O)C1CCN(S(=O)(=O)c2ccc(C(=O)O)cc2)CC1. The van der Waals surface area contributed by atoms with Crippen molar-refractivity contribution < 1.29 is 23.1 Å². The molecule has 1 heterocycles. The van der Waals surface area contributed by atoms with Crippen molar-refractivity contribution in [1.29, 1.82) is 0 Å². The Morgan fingerprint density at radius 2 is 1.76 bits per heavy atom. The maximum atomic E-state index is 12.6. The molecule has 0 atom stereocenters. The van der Waals surface area contributed by atoms with E-state index in [1.165, 1.54) is 28.6 Å². The number of aromatic carboxylic acids is 1. The van der Waals surface area contributed by atoms with Gasteiger partial charge in [-0.05, 0) is 43.0 Å². The minimum Gasteiger partial charge on any atom is -0.478 e. The van der Waals surface area contributed by atoms with Crippen LogP contribution in [0.5, 0.6) is 0 Å². The number of sulfonamides is 1. The highest BCUT2D eigenvalue weighted by Gasteiger charge is 2.32. The molecule has 1 fully saturated rings. The summed E-state index contributed by atoms with van der Waals surface area (Å²) in [6.07, 6.45) is 0.965. The zero-order valence-corrected chi connectivity index (χ0v) is 15.3. The van der Waals surface area contributed by atoms with E-state index in [4.69, 9.17) is 5.11 Å². The summed E-state index contributed by atoms with van der Waals surface area (Å²) >= 11 is 0. The van der Waals surface area contributed by atoms with Gasteiger partial charge in [0.05, 0.1) is 10.5 Å². The van der Waals surface area contributed by atoms with E-state index in [0.717, 1.165) is 0 Å². The Balaban J connectivity index is 1.99. The molecule has 1 aromatic carbocycles. The molecule has 0 aromatic heterocycles. The second kappa shape index (κ2) is 7.97. The van der Waals surface area contributed by atoms with Crippen LogP contribution in [0.15, 0.2) is 29.2 Å². The van der Waals surface area contributed by atoms with Crippen molar-refractivity contribution in [3.63, 3.8) is 0 Å². The molecule has 1 aromatic rings. The Bertz CT molecular complexity index is 720. The molecule has 0 unspecified atom stereocenters. The Morgan fingerprint density at radius 3 is 2.24 bits per heavy atom. The molecule has 2 rings (SSSR count). The molecular weight excluding hydrogens is 344 g/mol. The molecule has 1 aliphatic rings. The number of nitrogens with one attached hydrogen (secondary N) is 1. The predicted octanol–water partition coefficient (Wildman–Crippen LogP) is 1.56. The summed E-state index contributed by atoms with van der Waals surface area (Å²) in [5.74, 6) is -0.911. The summed E-state index contributed by atoms with van der Waals surface area (Å²) in [5.41, 5.74) is 0.0412. The molecule has 7 nitrogen and oxygen atoms in total. The van der Waals surface area contributed by atoms with E-state index in [-0.39, 0.29) is 35.4 Å². The van der Waals surface area contributed by atoms with Crippen LogP contribution >= 0.6 is 0 Å². The normalized spacial score (nSPS) is 16.8. The number of carboxylic acid groups (broad SMARTS) is 1. The molecule has 0 bridgehead atoms. The van der Waals surface area contributed by atoms with Crippen LogP contribution in [0.2, 0.25) is 0 Å². The Morgan fingerprint density at radius 1 is 1.20 bits per heavy atom.